The standard InChI is InChI=1S/C26H29N5O3/c32-25(30-14-13-29(26(33)34)17-22(30)15-19-7-3-1-4-8-19)23-24(20-9-5-2-6-10-20)31(18-28-23)21-11-12-27-16-21/h1-10,18,21-22,27H,11-17H2,(H,33,34)/t21-,22-/m1/s1. The first-order chi connectivity index (χ1) is 16.6. The van der Waals surface area contributed by atoms with Gasteiger partial charge < -0.3 is 24.8 Å². The molecule has 2 fully saturated rings. The number of aromatic nitrogens is 2. The van der Waals surface area contributed by atoms with Crippen LogP contribution in [0.3, 0.4) is 0 Å². The molecular weight excluding hydrogens is 430 g/mol. The van der Waals surface area contributed by atoms with Crippen LogP contribution in [0.25, 0.3) is 11.3 Å². The molecule has 176 valence electrons. The molecule has 2 aromatic carbocycles. The van der Waals surface area contributed by atoms with Gasteiger partial charge in [-0.2, -0.15) is 0 Å². The average Bonchev–Trinajstić information content (AvgIpc) is 3.55. The zero-order valence-electron chi connectivity index (χ0n) is 19.0. The van der Waals surface area contributed by atoms with Crippen molar-refractivity contribution in [2.75, 3.05) is 32.7 Å². The lowest BCUT2D eigenvalue weighted by Crippen LogP contribution is -2.57. The smallest absolute Gasteiger partial charge is 0.407 e. The Morgan fingerprint density at radius 2 is 1.76 bits per heavy atom. The summed E-state index contributed by atoms with van der Waals surface area (Å²) < 4.78 is 2.13. The quantitative estimate of drug-likeness (QED) is 0.612. The van der Waals surface area contributed by atoms with Crippen LogP contribution in [-0.2, 0) is 6.42 Å². The zero-order valence-corrected chi connectivity index (χ0v) is 19.0. The fourth-order valence-electron chi connectivity index (χ4n) is 5.05. The van der Waals surface area contributed by atoms with Crippen LogP contribution in [0.5, 0.6) is 0 Å². The normalized spacial score (nSPS) is 20.5. The molecule has 2 aliphatic heterocycles. The number of benzene rings is 2. The van der Waals surface area contributed by atoms with Crippen molar-refractivity contribution in [3.63, 3.8) is 0 Å². The van der Waals surface area contributed by atoms with Crippen molar-refractivity contribution in [2.45, 2.75) is 24.9 Å². The second-order valence-electron chi connectivity index (χ2n) is 8.93. The Morgan fingerprint density at radius 1 is 1.03 bits per heavy atom. The van der Waals surface area contributed by atoms with E-state index in [0.717, 1.165) is 36.3 Å². The summed E-state index contributed by atoms with van der Waals surface area (Å²) in [5.74, 6) is -0.144. The lowest BCUT2D eigenvalue weighted by atomic mass is 10.0. The molecule has 0 bridgehead atoms. The monoisotopic (exact) mass is 459 g/mol. The Balaban J connectivity index is 1.50. The SMILES string of the molecule is O=C(O)N1CCN(C(=O)c2ncn([C@@H]3CCNC3)c2-c2ccccc2)[C@H](Cc2ccccc2)C1. The summed E-state index contributed by atoms with van der Waals surface area (Å²) >= 11 is 0. The van der Waals surface area contributed by atoms with E-state index in [4.69, 9.17) is 0 Å². The molecule has 34 heavy (non-hydrogen) atoms. The Labute approximate surface area is 198 Å². The van der Waals surface area contributed by atoms with Crippen molar-refractivity contribution >= 4 is 12.0 Å². The van der Waals surface area contributed by atoms with Gasteiger partial charge in [0.05, 0.1) is 18.1 Å². The molecule has 0 spiro atoms. The van der Waals surface area contributed by atoms with Crippen molar-refractivity contribution in [3.8, 4) is 11.3 Å². The second-order valence-corrected chi connectivity index (χ2v) is 8.93. The first kappa shape index (κ1) is 22.2. The second kappa shape index (κ2) is 9.69. The summed E-state index contributed by atoms with van der Waals surface area (Å²) in [6.45, 7) is 2.70. The van der Waals surface area contributed by atoms with Gasteiger partial charge in [0.1, 0.15) is 0 Å². The van der Waals surface area contributed by atoms with E-state index in [-0.39, 0.29) is 24.5 Å². The Hall–Kier alpha value is -3.65. The third-order valence-corrected chi connectivity index (χ3v) is 6.80. The van der Waals surface area contributed by atoms with Crippen LogP contribution in [0, 0.1) is 0 Å². The molecule has 2 amide bonds. The van der Waals surface area contributed by atoms with Crippen LogP contribution in [0.1, 0.15) is 28.5 Å². The molecule has 2 saturated heterocycles. The highest BCUT2D eigenvalue weighted by molar-refractivity contribution is 5.98. The van der Waals surface area contributed by atoms with Gasteiger partial charge in [0, 0.05) is 37.8 Å². The van der Waals surface area contributed by atoms with Crippen molar-refractivity contribution in [2.24, 2.45) is 0 Å². The molecule has 8 heteroatoms. The summed E-state index contributed by atoms with van der Waals surface area (Å²) in [5.41, 5.74) is 3.29. The molecule has 0 aliphatic carbocycles. The fraction of sp³-hybridized carbons (Fsp3) is 0.346. The van der Waals surface area contributed by atoms with Gasteiger partial charge in [-0.25, -0.2) is 9.78 Å². The van der Waals surface area contributed by atoms with Crippen molar-refractivity contribution in [1.29, 1.82) is 0 Å². The summed E-state index contributed by atoms with van der Waals surface area (Å²) in [7, 11) is 0. The number of carboxylic acid groups (broad SMARTS) is 1. The summed E-state index contributed by atoms with van der Waals surface area (Å²) in [6, 6.07) is 19.8. The third-order valence-electron chi connectivity index (χ3n) is 6.80. The molecular formula is C26H29N5O3. The number of piperazine rings is 1. The first-order valence-corrected chi connectivity index (χ1v) is 11.8. The predicted molar refractivity (Wildman–Crippen MR) is 129 cm³/mol. The Kier molecular flexibility index (Phi) is 6.31. The van der Waals surface area contributed by atoms with Crippen LogP contribution in [0.2, 0.25) is 0 Å². The predicted octanol–water partition coefficient (Wildman–Crippen LogP) is 3.13. The van der Waals surface area contributed by atoms with E-state index < -0.39 is 6.09 Å². The maximum atomic E-state index is 14.0. The van der Waals surface area contributed by atoms with Crippen LogP contribution in [0.4, 0.5) is 4.79 Å². The number of nitrogens with zero attached hydrogens (tertiary/aromatic N) is 4. The summed E-state index contributed by atoms with van der Waals surface area (Å²) in [6.07, 6.45) is 2.41. The average molecular weight is 460 g/mol. The van der Waals surface area contributed by atoms with Gasteiger partial charge in [0.2, 0.25) is 0 Å². The van der Waals surface area contributed by atoms with Crippen LogP contribution >= 0.6 is 0 Å². The number of carbonyl (C=O) groups excluding carboxylic acids is 1. The maximum absolute atomic E-state index is 14.0. The molecule has 0 saturated carbocycles. The van der Waals surface area contributed by atoms with Crippen LogP contribution < -0.4 is 5.32 Å². The minimum Gasteiger partial charge on any atom is -0.465 e. The molecule has 2 atom stereocenters. The largest absolute Gasteiger partial charge is 0.465 e. The van der Waals surface area contributed by atoms with Gasteiger partial charge in [0.25, 0.3) is 5.91 Å². The van der Waals surface area contributed by atoms with Crippen molar-refractivity contribution in [1.82, 2.24) is 24.7 Å². The van der Waals surface area contributed by atoms with E-state index >= 15 is 0 Å². The molecule has 2 N–H and O–H groups in total. The number of imidazole rings is 1. The highest BCUT2D eigenvalue weighted by atomic mass is 16.4. The van der Waals surface area contributed by atoms with Crippen LogP contribution in [-0.4, -0.2) is 75.2 Å². The van der Waals surface area contributed by atoms with Crippen molar-refractivity contribution < 1.29 is 14.7 Å². The number of rotatable bonds is 5. The van der Waals surface area contributed by atoms with Gasteiger partial charge in [-0.1, -0.05) is 60.7 Å². The highest BCUT2D eigenvalue weighted by Crippen LogP contribution is 2.30. The van der Waals surface area contributed by atoms with E-state index in [0.29, 0.717) is 25.2 Å². The first-order valence-electron chi connectivity index (χ1n) is 11.8. The van der Waals surface area contributed by atoms with Crippen molar-refractivity contribution in [3.05, 3.63) is 78.2 Å². The fourth-order valence-corrected chi connectivity index (χ4v) is 5.05. The third kappa shape index (κ3) is 4.41. The topological polar surface area (TPSA) is 90.7 Å². The Morgan fingerprint density at radius 3 is 2.44 bits per heavy atom. The highest BCUT2D eigenvalue weighted by Gasteiger charge is 2.36. The number of hydrogen-bond donors (Lipinski definition) is 2. The van der Waals surface area contributed by atoms with Gasteiger partial charge in [0.15, 0.2) is 5.69 Å². The van der Waals surface area contributed by atoms with E-state index in [2.05, 4.69) is 14.9 Å². The molecule has 1 aromatic heterocycles. The molecule has 8 nitrogen and oxygen atoms in total. The number of hydrogen-bond acceptors (Lipinski definition) is 4. The number of carbonyl (C=O) groups is 2. The van der Waals surface area contributed by atoms with E-state index in [1.807, 2.05) is 65.6 Å². The molecule has 3 heterocycles. The van der Waals surface area contributed by atoms with E-state index in [1.54, 1.807) is 6.33 Å². The molecule has 2 aliphatic rings. The van der Waals surface area contributed by atoms with Gasteiger partial charge in [-0.15, -0.1) is 0 Å². The zero-order chi connectivity index (χ0) is 23.5. The Bertz CT molecular complexity index is 1140. The number of amides is 2. The molecule has 0 radical (unpaired) electrons. The molecule has 3 aromatic rings. The lowest BCUT2D eigenvalue weighted by Gasteiger charge is -2.40. The molecule has 5 rings (SSSR count). The summed E-state index contributed by atoms with van der Waals surface area (Å²) in [5, 5.41) is 13.0. The minimum absolute atomic E-state index is 0.144. The van der Waals surface area contributed by atoms with Crippen LogP contribution in [0.15, 0.2) is 67.0 Å². The van der Waals surface area contributed by atoms with Gasteiger partial charge in [-0.3, -0.25) is 4.79 Å². The van der Waals surface area contributed by atoms with Gasteiger partial charge in [-0.05, 0) is 24.9 Å². The lowest BCUT2D eigenvalue weighted by molar-refractivity contribution is 0.0447. The maximum Gasteiger partial charge on any atom is 0.407 e. The summed E-state index contributed by atoms with van der Waals surface area (Å²) in [4.78, 5) is 33.5. The van der Waals surface area contributed by atoms with E-state index in [9.17, 15) is 14.7 Å². The van der Waals surface area contributed by atoms with E-state index in [1.165, 1.54) is 4.90 Å². The molecule has 0 unspecified atom stereocenters. The van der Waals surface area contributed by atoms with Gasteiger partial charge >= 0.3 is 6.09 Å². The minimum atomic E-state index is -0.951. The number of nitrogens with one attached hydrogen (secondary N) is 1.